The minimum Gasteiger partial charge on any atom is -0.497 e. The number of hydrogen-bond acceptors (Lipinski definition) is 4. The molecule has 0 saturated heterocycles. The minimum absolute atomic E-state index is 0.154. The van der Waals surface area contributed by atoms with Gasteiger partial charge in [-0.2, -0.15) is 0 Å². The fourth-order valence-corrected chi connectivity index (χ4v) is 2.91. The van der Waals surface area contributed by atoms with E-state index < -0.39 is 0 Å². The molecule has 24 heavy (non-hydrogen) atoms. The molecule has 0 radical (unpaired) electrons. The molecule has 4 nitrogen and oxygen atoms in total. The van der Waals surface area contributed by atoms with E-state index >= 15 is 0 Å². The van der Waals surface area contributed by atoms with Crippen molar-refractivity contribution in [1.82, 2.24) is 0 Å². The molecule has 1 atom stereocenters. The second kappa shape index (κ2) is 8.06. The number of aryl methyl sites for hydroxylation is 2. The first kappa shape index (κ1) is 18.1. The lowest BCUT2D eigenvalue weighted by Gasteiger charge is -2.21. The second-order valence-corrected chi connectivity index (χ2v) is 5.99. The summed E-state index contributed by atoms with van der Waals surface area (Å²) in [7, 11) is 5.03. The van der Waals surface area contributed by atoms with Gasteiger partial charge in [0.15, 0.2) is 0 Å². The average molecular weight is 329 g/mol. The maximum Gasteiger partial charge on any atom is 0.125 e. The van der Waals surface area contributed by atoms with Gasteiger partial charge in [-0.15, -0.1) is 0 Å². The van der Waals surface area contributed by atoms with Crippen molar-refractivity contribution in [2.45, 2.75) is 26.2 Å². The summed E-state index contributed by atoms with van der Waals surface area (Å²) < 4.78 is 16.4. The standard InChI is InChI=1S/C20H27NO3/c1-13-8-18(20(24-5)9-14(13)2)16(12-21)10-15-6-7-17(22-3)11-19(15)23-4/h6-9,11,16H,10,12,21H2,1-5H3. The zero-order valence-electron chi connectivity index (χ0n) is 15.2. The first-order valence-electron chi connectivity index (χ1n) is 8.10. The van der Waals surface area contributed by atoms with Crippen LogP contribution >= 0.6 is 0 Å². The van der Waals surface area contributed by atoms with Crippen LogP contribution in [-0.2, 0) is 6.42 Å². The number of hydrogen-bond donors (Lipinski definition) is 1. The summed E-state index contributed by atoms with van der Waals surface area (Å²) in [6.07, 6.45) is 0.780. The van der Waals surface area contributed by atoms with Crippen molar-refractivity contribution in [2.24, 2.45) is 5.73 Å². The van der Waals surface area contributed by atoms with E-state index in [1.54, 1.807) is 21.3 Å². The molecule has 2 aromatic rings. The predicted octanol–water partition coefficient (Wildman–Crippen LogP) is 3.61. The SMILES string of the molecule is COc1ccc(CC(CN)c2cc(C)c(C)cc2OC)c(OC)c1. The van der Waals surface area contributed by atoms with Gasteiger partial charge in [-0.1, -0.05) is 12.1 Å². The summed E-state index contributed by atoms with van der Waals surface area (Å²) >= 11 is 0. The van der Waals surface area contributed by atoms with Crippen LogP contribution in [0.4, 0.5) is 0 Å². The quantitative estimate of drug-likeness (QED) is 0.843. The molecule has 1 unspecified atom stereocenters. The summed E-state index contributed by atoms with van der Waals surface area (Å²) in [6, 6.07) is 10.2. The molecule has 0 heterocycles. The van der Waals surface area contributed by atoms with Crippen LogP contribution in [0.5, 0.6) is 17.2 Å². The van der Waals surface area contributed by atoms with Gasteiger partial charge in [0.1, 0.15) is 17.2 Å². The van der Waals surface area contributed by atoms with E-state index in [9.17, 15) is 0 Å². The number of ether oxygens (including phenoxy) is 3. The Bertz CT molecular complexity index is 698. The first-order chi connectivity index (χ1) is 11.5. The summed E-state index contributed by atoms with van der Waals surface area (Å²) in [4.78, 5) is 0. The largest absolute Gasteiger partial charge is 0.497 e. The van der Waals surface area contributed by atoms with Crippen molar-refractivity contribution in [3.05, 3.63) is 52.6 Å². The fourth-order valence-electron chi connectivity index (χ4n) is 2.91. The monoisotopic (exact) mass is 329 g/mol. The minimum atomic E-state index is 0.154. The van der Waals surface area contributed by atoms with Crippen LogP contribution in [0, 0.1) is 13.8 Å². The van der Waals surface area contributed by atoms with Crippen molar-refractivity contribution < 1.29 is 14.2 Å². The van der Waals surface area contributed by atoms with Crippen LogP contribution in [-0.4, -0.2) is 27.9 Å². The molecular formula is C20H27NO3. The van der Waals surface area contributed by atoms with E-state index in [1.165, 1.54) is 11.1 Å². The summed E-state index contributed by atoms with van der Waals surface area (Å²) in [6.45, 7) is 4.74. The lowest BCUT2D eigenvalue weighted by Crippen LogP contribution is -2.17. The topological polar surface area (TPSA) is 53.7 Å². The molecule has 0 fully saturated rings. The summed E-state index contributed by atoms with van der Waals surface area (Å²) in [5.41, 5.74) is 10.8. The van der Waals surface area contributed by atoms with Gasteiger partial charge < -0.3 is 19.9 Å². The Morgan fingerprint density at radius 2 is 1.54 bits per heavy atom. The smallest absolute Gasteiger partial charge is 0.125 e. The normalized spacial score (nSPS) is 11.9. The molecule has 0 aromatic heterocycles. The summed E-state index contributed by atoms with van der Waals surface area (Å²) in [5.74, 6) is 2.64. The van der Waals surface area contributed by atoms with Crippen LogP contribution in [0.25, 0.3) is 0 Å². The Morgan fingerprint density at radius 3 is 2.12 bits per heavy atom. The van der Waals surface area contributed by atoms with Gasteiger partial charge in [-0.05, 0) is 61.2 Å². The van der Waals surface area contributed by atoms with Crippen LogP contribution in [0.15, 0.2) is 30.3 Å². The Morgan fingerprint density at radius 1 is 0.875 bits per heavy atom. The molecule has 2 rings (SSSR count). The van der Waals surface area contributed by atoms with Crippen LogP contribution in [0.3, 0.4) is 0 Å². The highest BCUT2D eigenvalue weighted by atomic mass is 16.5. The fraction of sp³-hybridized carbons (Fsp3) is 0.400. The van der Waals surface area contributed by atoms with Gasteiger partial charge in [0.05, 0.1) is 21.3 Å². The maximum absolute atomic E-state index is 6.09. The van der Waals surface area contributed by atoms with Gasteiger partial charge in [-0.3, -0.25) is 0 Å². The molecule has 0 bridgehead atoms. The highest BCUT2D eigenvalue weighted by Gasteiger charge is 2.19. The van der Waals surface area contributed by atoms with E-state index in [1.807, 2.05) is 18.2 Å². The number of rotatable bonds is 7. The third-order valence-electron chi connectivity index (χ3n) is 4.53. The third-order valence-corrected chi connectivity index (χ3v) is 4.53. The van der Waals surface area contributed by atoms with Gasteiger partial charge in [0.25, 0.3) is 0 Å². The molecule has 0 amide bonds. The second-order valence-electron chi connectivity index (χ2n) is 5.99. The summed E-state index contributed by atoms with van der Waals surface area (Å²) in [5, 5.41) is 0. The van der Waals surface area contributed by atoms with Crippen molar-refractivity contribution in [3.63, 3.8) is 0 Å². The lowest BCUT2D eigenvalue weighted by atomic mass is 9.89. The highest BCUT2D eigenvalue weighted by molar-refractivity contribution is 5.46. The lowest BCUT2D eigenvalue weighted by molar-refractivity contribution is 0.388. The molecule has 130 valence electrons. The molecule has 0 aliphatic carbocycles. The predicted molar refractivity (Wildman–Crippen MR) is 97.5 cm³/mol. The maximum atomic E-state index is 6.09. The van der Waals surface area contributed by atoms with Crippen LogP contribution < -0.4 is 19.9 Å². The third kappa shape index (κ3) is 3.82. The molecule has 0 aliphatic rings. The van der Waals surface area contributed by atoms with Gasteiger partial charge in [0, 0.05) is 12.0 Å². The van der Waals surface area contributed by atoms with E-state index in [0.717, 1.165) is 34.8 Å². The number of benzene rings is 2. The van der Waals surface area contributed by atoms with Crippen molar-refractivity contribution in [3.8, 4) is 17.2 Å². The van der Waals surface area contributed by atoms with Crippen molar-refractivity contribution >= 4 is 0 Å². The molecule has 4 heteroatoms. The first-order valence-corrected chi connectivity index (χ1v) is 8.10. The van der Waals surface area contributed by atoms with Gasteiger partial charge >= 0.3 is 0 Å². The van der Waals surface area contributed by atoms with E-state index in [4.69, 9.17) is 19.9 Å². The Labute approximate surface area is 144 Å². The van der Waals surface area contributed by atoms with Crippen molar-refractivity contribution in [2.75, 3.05) is 27.9 Å². The Balaban J connectivity index is 2.38. The molecule has 0 aliphatic heterocycles. The van der Waals surface area contributed by atoms with Crippen LogP contribution in [0.1, 0.15) is 28.2 Å². The number of nitrogens with two attached hydrogens (primary N) is 1. The Kier molecular flexibility index (Phi) is 6.10. The number of methoxy groups -OCH3 is 3. The highest BCUT2D eigenvalue weighted by Crippen LogP contribution is 2.34. The zero-order chi connectivity index (χ0) is 17.7. The van der Waals surface area contributed by atoms with E-state index in [0.29, 0.717) is 6.54 Å². The molecule has 0 spiro atoms. The molecule has 0 saturated carbocycles. The Hall–Kier alpha value is -2.20. The van der Waals surface area contributed by atoms with E-state index in [2.05, 4.69) is 26.0 Å². The molecular weight excluding hydrogens is 302 g/mol. The van der Waals surface area contributed by atoms with E-state index in [-0.39, 0.29) is 5.92 Å². The van der Waals surface area contributed by atoms with Gasteiger partial charge in [0.2, 0.25) is 0 Å². The van der Waals surface area contributed by atoms with Crippen LogP contribution in [0.2, 0.25) is 0 Å². The molecule has 2 N–H and O–H groups in total. The molecule has 2 aromatic carbocycles. The zero-order valence-corrected chi connectivity index (χ0v) is 15.2. The van der Waals surface area contributed by atoms with Gasteiger partial charge in [-0.25, -0.2) is 0 Å². The van der Waals surface area contributed by atoms with Crippen molar-refractivity contribution in [1.29, 1.82) is 0 Å². The average Bonchev–Trinajstić information content (AvgIpc) is 2.61.